The van der Waals surface area contributed by atoms with Crippen molar-refractivity contribution in [2.24, 2.45) is 0 Å². The van der Waals surface area contributed by atoms with Gasteiger partial charge in [0.2, 0.25) is 0 Å². The summed E-state index contributed by atoms with van der Waals surface area (Å²) in [5.74, 6) is 1.01. The van der Waals surface area contributed by atoms with Crippen molar-refractivity contribution in [3.63, 3.8) is 0 Å². The summed E-state index contributed by atoms with van der Waals surface area (Å²) in [6.45, 7) is 2.37. The molecule has 1 aromatic carbocycles. The van der Waals surface area contributed by atoms with Crippen LogP contribution in [0, 0.1) is 0 Å². The van der Waals surface area contributed by atoms with Crippen LogP contribution in [0.15, 0.2) is 12.1 Å². The van der Waals surface area contributed by atoms with Gasteiger partial charge in [-0.2, -0.15) is 0 Å². The van der Waals surface area contributed by atoms with Crippen molar-refractivity contribution in [3.8, 4) is 5.75 Å². The van der Waals surface area contributed by atoms with Crippen molar-refractivity contribution in [3.05, 3.63) is 28.3 Å². The fourth-order valence-electron chi connectivity index (χ4n) is 2.98. The van der Waals surface area contributed by atoms with Gasteiger partial charge in [-0.1, -0.05) is 11.6 Å². The molecule has 2 N–H and O–H groups in total. The molecular weight excluding hydrogens is 276 g/mol. The highest BCUT2D eigenvalue weighted by Gasteiger charge is 2.23. The molecule has 3 rings (SSSR count). The first-order valence-corrected chi connectivity index (χ1v) is 7.58. The van der Waals surface area contributed by atoms with Gasteiger partial charge in [-0.25, -0.2) is 0 Å². The van der Waals surface area contributed by atoms with Crippen LogP contribution in [0.1, 0.15) is 47.5 Å². The molecule has 2 aliphatic rings. The third-order valence-corrected chi connectivity index (χ3v) is 4.38. The van der Waals surface area contributed by atoms with Gasteiger partial charge in [0.15, 0.2) is 6.73 Å². The van der Waals surface area contributed by atoms with E-state index in [1.54, 1.807) is 6.07 Å². The van der Waals surface area contributed by atoms with Gasteiger partial charge in [-0.05, 0) is 62.4 Å². The lowest BCUT2D eigenvalue weighted by molar-refractivity contribution is 0.0883. The maximum absolute atomic E-state index is 11.8. The molecular formula is C15H19ClN2O2. The first-order chi connectivity index (χ1) is 9.75. The van der Waals surface area contributed by atoms with Crippen LogP contribution in [0.3, 0.4) is 0 Å². The Balaban J connectivity index is 1.90. The van der Waals surface area contributed by atoms with E-state index in [0.717, 1.165) is 44.3 Å². The lowest BCUT2D eigenvalue weighted by Gasteiger charge is -2.24. The fraction of sp³-hybridized carbons (Fsp3) is 0.533. The quantitative estimate of drug-likeness (QED) is 0.837. The van der Waals surface area contributed by atoms with Crippen LogP contribution >= 0.6 is 11.6 Å². The number of hydrogen-bond donors (Lipinski definition) is 2. The lowest BCUT2D eigenvalue weighted by Crippen LogP contribution is -2.33. The Morgan fingerprint density at radius 3 is 2.70 bits per heavy atom. The minimum absolute atomic E-state index is 0.110. The number of amides is 1. The molecule has 1 fully saturated rings. The van der Waals surface area contributed by atoms with Crippen LogP contribution in [-0.4, -0.2) is 25.7 Å². The maximum atomic E-state index is 11.8. The van der Waals surface area contributed by atoms with Crippen LogP contribution in [0.25, 0.3) is 0 Å². The SMILES string of the molecule is O=C1NCOc2cc(C3CCCNCCC3)c(Cl)cc21. The molecule has 0 spiro atoms. The van der Waals surface area contributed by atoms with Gasteiger partial charge in [0.25, 0.3) is 5.91 Å². The molecule has 2 aliphatic heterocycles. The van der Waals surface area contributed by atoms with E-state index in [4.69, 9.17) is 16.3 Å². The molecule has 0 radical (unpaired) electrons. The summed E-state index contributed by atoms with van der Waals surface area (Å²) in [6, 6.07) is 3.72. The number of ether oxygens (including phenoxy) is 1. The largest absolute Gasteiger partial charge is 0.472 e. The Bertz CT molecular complexity index is 511. The predicted molar refractivity (Wildman–Crippen MR) is 78.5 cm³/mol. The molecule has 0 saturated carbocycles. The molecule has 0 aromatic heterocycles. The third kappa shape index (κ3) is 2.76. The van der Waals surface area contributed by atoms with E-state index in [9.17, 15) is 4.79 Å². The summed E-state index contributed by atoms with van der Waals surface area (Å²) < 4.78 is 5.53. The average molecular weight is 295 g/mol. The molecule has 5 heteroatoms. The summed E-state index contributed by atoms with van der Waals surface area (Å²) in [7, 11) is 0. The van der Waals surface area contributed by atoms with Crippen LogP contribution in [-0.2, 0) is 0 Å². The standard InChI is InChI=1S/C15H19ClN2O2/c16-13-7-12-14(20-9-18-15(12)19)8-11(13)10-3-1-5-17-6-2-4-10/h7-8,10,17H,1-6,9H2,(H,18,19). The first-order valence-electron chi connectivity index (χ1n) is 7.21. The normalized spacial score (nSPS) is 20.4. The summed E-state index contributed by atoms with van der Waals surface area (Å²) in [6.07, 6.45) is 4.55. The van der Waals surface area contributed by atoms with Crippen molar-refractivity contribution >= 4 is 17.5 Å². The molecule has 2 heterocycles. The van der Waals surface area contributed by atoms with E-state index >= 15 is 0 Å². The highest BCUT2D eigenvalue weighted by Crippen LogP contribution is 2.37. The van der Waals surface area contributed by atoms with Crippen molar-refractivity contribution in [1.29, 1.82) is 0 Å². The van der Waals surface area contributed by atoms with E-state index in [1.165, 1.54) is 0 Å². The number of benzene rings is 1. The maximum Gasteiger partial charge on any atom is 0.257 e. The van der Waals surface area contributed by atoms with Crippen LogP contribution in [0.2, 0.25) is 5.02 Å². The summed E-state index contributed by atoms with van der Waals surface area (Å²) >= 11 is 6.40. The highest BCUT2D eigenvalue weighted by atomic mass is 35.5. The topological polar surface area (TPSA) is 50.4 Å². The molecule has 0 unspecified atom stereocenters. The predicted octanol–water partition coefficient (Wildman–Crippen LogP) is 2.67. The molecule has 4 nitrogen and oxygen atoms in total. The van der Waals surface area contributed by atoms with Crippen LogP contribution in [0.5, 0.6) is 5.75 Å². The monoisotopic (exact) mass is 294 g/mol. The Morgan fingerprint density at radius 1 is 1.20 bits per heavy atom. The number of carbonyl (C=O) groups is 1. The minimum atomic E-state index is -0.110. The van der Waals surface area contributed by atoms with E-state index in [-0.39, 0.29) is 12.6 Å². The first kappa shape index (κ1) is 13.7. The van der Waals surface area contributed by atoms with Crippen molar-refractivity contribution < 1.29 is 9.53 Å². The van der Waals surface area contributed by atoms with Gasteiger partial charge >= 0.3 is 0 Å². The van der Waals surface area contributed by atoms with Crippen molar-refractivity contribution in [2.45, 2.75) is 31.6 Å². The van der Waals surface area contributed by atoms with E-state index in [2.05, 4.69) is 10.6 Å². The minimum Gasteiger partial charge on any atom is -0.472 e. The molecule has 20 heavy (non-hydrogen) atoms. The Labute approximate surface area is 123 Å². The molecule has 0 bridgehead atoms. The third-order valence-electron chi connectivity index (χ3n) is 4.06. The fourth-order valence-corrected chi connectivity index (χ4v) is 3.30. The van der Waals surface area contributed by atoms with Gasteiger partial charge < -0.3 is 15.4 Å². The second kappa shape index (κ2) is 6.02. The molecule has 0 atom stereocenters. The average Bonchev–Trinajstić information content (AvgIpc) is 2.39. The smallest absolute Gasteiger partial charge is 0.257 e. The van der Waals surface area contributed by atoms with Crippen molar-refractivity contribution in [2.75, 3.05) is 19.8 Å². The van der Waals surface area contributed by atoms with Crippen LogP contribution in [0.4, 0.5) is 0 Å². The van der Waals surface area contributed by atoms with Gasteiger partial charge in [0.1, 0.15) is 5.75 Å². The van der Waals surface area contributed by atoms with E-state index in [0.29, 0.717) is 22.3 Å². The number of halogens is 1. The van der Waals surface area contributed by atoms with Crippen LogP contribution < -0.4 is 15.4 Å². The van der Waals surface area contributed by atoms with Gasteiger partial charge in [0, 0.05) is 5.02 Å². The Morgan fingerprint density at radius 2 is 1.95 bits per heavy atom. The Hall–Kier alpha value is -1.26. The van der Waals surface area contributed by atoms with Gasteiger partial charge in [-0.15, -0.1) is 0 Å². The molecule has 1 saturated heterocycles. The molecule has 1 amide bonds. The number of hydrogen-bond acceptors (Lipinski definition) is 3. The van der Waals surface area contributed by atoms with Crippen molar-refractivity contribution in [1.82, 2.24) is 10.6 Å². The summed E-state index contributed by atoms with van der Waals surface area (Å²) in [5.41, 5.74) is 1.67. The number of carbonyl (C=O) groups excluding carboxylic acids is 1. The number of nitrogens with one attached hydrogen (secondary N) is 2. The Kier molecular flexibility index (Phi) is 4.13. The highest BCUT2D eigenvalue weighted by molar-refractivity contribution is 6.32. The zero-order valence-corrected chi connectivity index (χ0v) is 12.1. The second-order valence-electron chi connectivity index (χ2n) is 5.40. The second-order valence-corrected chi connectivity index (χ2v) is 5.80. The van der Waals surface area contributed by atoms with Gasteiger partial charge in [-0.3, -0.25) is 4.79 Å². The molecule has 0 aliphatic carbocycles. The zero-order chi connectivity index (χ0) is 13.9. The zero-order valence-electron chi connectivity index (χ0n) is 11.4. The summed E-state index contributed by atoms with van der Waals surface area (Å²) in [5, 5.41) is 6.76. The number of fused-ring (bicyclic) bond motifs is 1. The summed E-state index contributed by atoms with van der Waals surface area (Å²) in [4.78, 5) is 11.8. The van der Waals surface area contributed by atoms with Gasteiger partial charge in [0.05, 0.1) is 5.56 Å². The van der Waals surface area contributed by atoms with E-state index in [1.807, 2.05) is 6.07 Å². The van der Waals surface area contributed by atoms with E-state index < -0.39 is 0 Å². The lowest BCUT2D eigenvalue weighted by atomic mass is 9.88. The molecule has 1 aromatic rings. The molecule has 108 valence electrons. The number of rotatable bonds is 1.